The average Bonchev–Trinajstić information content (AvgIpc) is 1.99. The smallest absolute Gasteiger partial charge is 0.138 e. The Morgan fingerprint density at radius 1 is 1.47 bits per heavy atom. The fourth-order valence-corrected chi connectivity index (χ4v) is 2.41. The van der Waals surface area contributed by atoms with E-state index >= 15 is 0 Å². The summed E-state index contributed by atoms with van der Waals surface area (Å²) in [6, 6.07) is 3.29. The summed E-state index contributed by atoms with van der Waals surface area (Å²) in [5, 5.41) is 0.460. The second-order valence-electron chi connectivity index (χ2n) is 4.26. The predicted octanol–water partition coefficient (Wildman–Crippen LogP) is 3.48. The van der Waals surface area contributed by atoms with Crippen molar-refractivity contribution in [2.45, 2.75) is 30.7 Å². The van der Waals surface area contributed by atoms with Crippen LogP contribution < -0.4 is 5.73 Å². The average molecular weight is 248 g/mol. The zero-order valence-electron chi connectivity index (χ0n) is 9.10. The van der Waals surface area contributed by atoms with Gasteiger partial charge in [-0.15, -0.1) is 11.8 Å². The fraction of sp³-hybridized carbons (Fsp3) is 0.455. The number of halogens is 2. The molecule has 0 fully saturated rings. The molecule has 15 heavy (non-hydrogen) atoms. The second-order valence-corrected chi connectivity index (χ2v) is 5.48. The lowest BCUT2D eigenvalue weighted by atomic mass is 9.96. The first-order valence-electron chi connectivity index (χ1n) is 4.64. The molecule has 0 aromatic heterocycles. The lowest BCUT2D eigenvalue weighted by Crippen LogP contribution is -2.34. The number of nitrogens with two attached hydrogens (primary N) is 1. The first-order valence-corrected chi connectivity index (χ1v) is 6.24. The first kappa shape index (κ1) is 12.8. The molecular formula is C11H15ClFNS. The van der Waals surface area contributed by atoms with Gasteiger partial charge in [0.2, 0.25) is 0 Å². The molecule has 0 aliphatic rings. The molecule has 4 heteroatoms. The molecule has 0 aliphatic carbocycles. The van der Waals surface area contributed by atoms with E-state index in [1.165, 1.54) is 17.8 Å². The molecule has 1 aromatic carbocycles. The van der Waals surface area contributed by atoms with Crippen LogP contribution in [0.1, 0.15) is 19.4 Å². The SMILES string of the molecule is CSc1c(F)cc(CC(C)(C)N)cc1Cl. The topological polar surface area (TPSA) is 26.0 Å². The van der Waals surface area contributed by atoms with Crippen molar-refractivity contribution < 1.29 is 4.39 Å². The maximum Gasteiger partial charge on any atom is 0.138 e. The van der Waals surface area contributed by atoms with Gasteiger partial charge in [0.1, 0.15) is 5.82 Å². The van der Waals surface area contributed by atoms with Crippen LogP contribution in [0.15, 0.2) is 17.0 Å². The molecule has 0 amide bonds. The highest BCUT2D eigenvalue weighted by molar-refractivity contribution is 7.98. The van der Waals surface area contributed by atoms with Gasteiger partial charge in [-0.3, -0.25) is 0 Å². The Kier molecular flexibility index (Phi) is 4.04. The second kappa shape index (κ2) is 4.73. The fourth-order valence-electron chi connectivity index (χ4n) is 1.44. The van der Waals surface area contributed by atoms with Gasteiger partial charge in [0.15, 0.2) is 0 Å². The Bertz CT molecular complexity index is 337. The number of hydrogen-bond acceptors (Lipinski definition) is 2. The number of thioether (sulfide) groups is 1. The van der Waals surface area contributed by atoms with Gasteiger partial charge < -0.3 is 5.73 Å². The minimum absolute atomic E-state index is 0.269. The quantitative estimate of drug-likeness (QED) is 0.828. The van der Waals surface area contributed by atoms with Crippen molar-refractivity contribution in [1.82, 2.24) is 0 Å². The van der Waals surface area contributed by atoms with E-state index in [9.17, 15) is 4.39 Å². The summed E-state index contributed by atoms with van der Waals surface area (Å²) >= 11 is 7.27. The molecule has 2 N–H and O–H groups in total. The Labute approximate surface area is 99.2 Å². The van der Waals surface area contributed by atoms with Crippen LogP contribution in [0.25, 0.3) is 0 Å². The van der Waals surface area contributed by atoms with Crippen molar-refractivity contribution in [1.29, 1.82) is 0 Å². The molecular weight excluding hydrogens is 233 g/mol. The minimum Gasteiger partial charge on any atom is -0.325 e. The van der Waals surface area contributed by atoms with E-state index in [4.69, 9.17) is 17.3 Å². The Morgan fingerprint density at radius 3 is 2.47 bits per heavy atom. The van der Waals surface area contributed by atoms with Crippen molar-refractivity contribution >= 4 is 23.4 Å². The lowest BCUT2D eigenvalue weighted by molar-refractivity contribution is 0.513. The third kappa shape index (κ3) is 3.67. The molecule has 84 valence electrons. The van der Waals surface area contributed by atoms with Gasteiger partial charge in [-0.05, 0) is 44.2 Å². The lowest BCUT2D eigenvalue weighted by Gasteiger charge is -2.19. The summed E-state index contributed by atoms with van der Waals surface area (Å²) in [4.78, 5) is 0.496. The van der Waals surface area contributed by atoms with Crippen LogP contribution in [0.4, 0.5) is 4.39 Å². The van der Waals surface area contributed by atoms with Gasteiger partial charge >= 0.3 is 0 Å². The van der Waals surface area contributed by atoms with Crippen LogP contribution in [0.5, 0.6) is 0 Å². The van der Waals surface area contributed by atoms with Gasteiger partial charge in [0.05, 0.1) is 9.92 Å². The molecule has 0 spiro atoms. The number of rotatable bonds is 3. The summed E-state index contributed by atoms with van der Waals surface area (Å²) in [6.45, 7) is 3.81. The van der Waals surface area contributed by atoms with E-state index < -0.39 is 0 Å². The zero-order valence-corrected chi connectivity index (χ0v) is 10.7. The third-order valence-electron chi connectivity index (χ3n) is 1.92. The van der Waals surface area contributed by atoms with E-state index in [1.54, 1.807) is 12.3 Å². The molecule has 0 aliphatic heterocycles. The molecule has 0 radical (unpaired) electrons. The maximum absolute atomic E-state index is 13.5. The van der Waals surface area contributed by atoms with Crippen LogP contribution in [-0.4, -0.2) is 11.8 Å². The highest BCUT2D eigenvalue weighted by Gasteiger charge is 2.15. The van der Waals surface area contributed by atoms with Crippen molar-refractivity contribution in [2.24, 2.45) is 5.73 Å². The Balaban J connectivity index is 3.04. The van der Waals surface area contributed by atoms with E-state index in [0.29, 0.717) is 16.3 Å². The van der Waals surface area contributed by atoms with Crippen LogP contribution in [0.3, 0.4) is 0 Å². The van der Waals surface area contributed by atoms with E-state index in [2.05, 4.69) is 0 Å². The van der Waals surface area contributed by atoms with Crippen LogP contribution in [-0.2, 0) is 6.42 Å². The summed E-state index contributed by atoms with van der Waals surface area (Å²) in [6.07, 6.45) is 2.41. The molecule has 1 nitrogen and oxygen atoms in total. The highest BCUT2D eigenvalue weighted by Crippen LogP contribution is 2.30. The van der Waals surface area contributed by atoms with Crippen LogP contribution >= 0.6 is 23.4 Å². The number of benzene rings is 1. The molecule has 1 rings (SSSR count). The molecule has 0 heterocycles. The van der Waals surface area contributed by atoms with Gasteiger partial charge in [-0.2, -0.15) is 0 Å². The highest BCUT2D eigenvalue weighted by atomic mass is 35.5. The Hall–Kier alpha value is -0.250. The summed E-state index contributed by atoms with van der Waals surface area (Å²) < 4.78 is 13.5. The summed E-state index contributed by atoms with van der Waals surface area (Å²) in [5.74, 6) is -0.269. The largest absolute Gasteiger partial charge is 0.325 e. The van der Waals surface area contributed by atoms with Crippen molar-refractivity contribution in [2.75, 3.05) is 6.26 Å². The predicted molar refractivity (Wildman–Crippen MR) is 65.2 cm³/mol. The standard InChI is InChI=1S/C11H15ClFNS/c1-11(2,14)6-7-4-8(12)10(15-3)9(13)5-7/h4-5H,6,14H2,1-3H3. The summed E-state index contributed by atoms with van der Waals surface area (Å²) in [5.41, 5.74) is 6.35. The first-order chi connectivity index (χ1) is 6.83. The third-order valence-corrected chi connectivity index (χ3v) is 3.16. The van der Waals surface area contributed by atoms with Crippen LogP contribution in [0.2, 0.25) is 5.02 Å². The minimum atomic E-state index is -0.351. The molecule has 0 bridgehead atoms. The normalized spacial score (nSPS) is 11.9. The van der Waals surface area contributed by atoms with E-state index in [-0.39, 0.29) is 11.4 Å². The van der Waals surface area contributed by atoms with Gasteiger partial charge in [0.25, 0.3) is 0 Å². The summed E-state index contributed by atoms with van der Waals surface area (Å²) in [7, 11) is 0. The molecule has 0 atom stereocenters. The van der Waals surface area contributed by atoms with Gasteiger partial charge in [-0.1, -0.05) is 11.6 Å². The van der Waals surface area contributed by atoms with Crippen molar-refractivity contribution in [3.8, 4) is 0 Å². The van der Waals surface area contributed by atoms with Crippen molar-refractivity contribution in [3.63, 3.8) is 0 Å². The van der Waals surface area contributed by atoms with E-state index in [0.717, 1.165) is 5.56 Å². The molecule has 0 saturated carbocycles. The zero-order chi connectivity index (χ0) is 11.6. The Morgan fingerprint density at radius 2 is 2.07 bits per heavy atom. The van der Waals surface area contributed by atoms with E-state index in [1.807, 2.05) is 13.8 Å². The van der Waals surface area contributed by atoms with Crippen LogP contribution in [0, 0.1) is 5.82 Å². The molecule has 0 unspecified atom stereocenters. The number of hydrogen-bond donors (Lipinski definition) is 1. The molecule has 1 aromatic rings. The van der Waals surface area contributed by atoms with Gasteiger partial charge in [-0.25, -0.2) is 4.39 Å². The van der Waals surface area contributed by atoms with Gasteiger partial charge in [0, 0.05) is 5.54 Å². The molecule has 0 saturated heterocycles. The van der Waals surface area contributed by atoms with Crippen molar-refractivity contribution in [3.05, 3.63) is 28.5 Å². The monoisotopic (exact) mass is 247 g/mol. The maximum atomic E-state index is 13.5.